The Bertz CT molecular complexity index is 696. The lowest BCUT2D eigenvalue weighted by Crippen LogP contribution is -2.02. The maximum atomic E-state index is 5.66. The van der Waals surface area contributed by atoms with Gasteiger partial charge < -0.3 is 9.47 Å². The quantitative estimate of drug-likeness (QED) is 0.797. The topological polar surface area (TPSA) is 31.4 Å². The van der Waals surface area contributed by atoms with Gasteiger partial charge >= 0.3 is 0 Å². The number of methoxy groups -OCH3 is 2. The number of aromatic nitrogens is 1. The van der Waals surface area contributed by atoms with Gasteiger partial charge in [0.25, 0.3) is 0 Å². The zero-order valence-electron chi connectivity index (χ0n) is 12.6. The molecule has 0 aliphatic carbocycles. The molecule has 1 aromatic carbocycles. The Kier molecular flexibility index (Phi) is 3.85. The first-order valence-electron chi connectivity index (χ1n) is 6.56. The molecule has 2 aromatic rings. The lowest BCUT2D eigenvalue weighted by molar-refractivity contribution is 0.355. The van der Waals surface area contributed by atoms with Gasteiger partial charge in [0.05, 0.1) is 25.4 Å². The van der Waals surface area contributed by atoms with E-state index in [0.29, 0.717) is 17.4 Å². The van der Waals surface area contributed by atoms with Crippen LogP contribution in [0.2, 0.25) is 0 Å². The van der Waals surface area contributed by atoms with Crippen molar-refractivity contribution in [2.24, 2.45) is 0 Å². The summed E-state index contributed by atoms with van der Waals surface area (Å²) >= 11 is 0. The molecule has 3 nitrogen and oxygen atoms in total. The van der Waals surface area contributed by atoms with Crippen LogP contribution in [-0.2, 0) is 0 Å². The van der Waals surface area contributed by atoms with Crippen LogP contribution in [0.1, 0.15) is 36.6 Å². The molecule has 20 heavy (non-hydrogen) atoms. The molecule has 0 aliphatic heterocycles. The van der Waals surface area contributed by atoms with Gasteiger partial charge in [-0.3, -0.25) is 4.98 Å². The normalized spacial score (nSPS) is 10.7. The number of hydrogen-bond acceptors (Lipinski definition) is 3. The van der Waals surface area contributed by atoms with Crippen molar-refractivity contribution in [3.63, 3.8) is 0 Å². The molecular formula is C17H19NO2. The van der Waals surface area contributed by atoms with E-state index in [-0.39, 0.29) is 0 Å². The molecule has 0 fully saturated rings. The van der Waals surface area contributed by atoms with Gasteiger partial charge in [-0.15, -0.1) is 6.42 Å². The van der Waals surface area contributed by atoms with E-state index in [0.717, 1.165) is 27.7 Å². The summed E-state index contributed by atoms with van der Waals surface area (Å²) in [5.41, 5.74) is 3.76. The summed E-state index contributed by atoms with van der Waals surface area (Å²) < 4.78 is 10.7. The molecule has 0 spiro atoms. The van der Waals surface area contributed by atoms with Gasteiger partial charge in [-0.2, -0.15) is 0 Å². The highest BCUT2D eigenvalue weighted by Gasteiger charge is 2.17. The summed E-state index contributed by atoms with van der Waals surface area (Å²) in [6, 6.07) is 3.85. The highest BCUT2D eigenvalue weighted by molar-refractivity contribution is 5.88. The molecule has 1 aromatic heterocycles. The molecule has 0 saturated heterocycles. The highest BCUT2D eigenvalue weighted by atomic mass is 16.5. The summed E-state index contributed by atoms with van der Waals surface area (Å²) in [4.78, 5) is 4.60. The van der Waals surface area contributed by atoms with Crippen molar-refractivity contribution in [1.29, 1.82) is 0 Å². The molecule has 3 heteroatoms. The first-order chi connectivity index (χ1) is 9.53. The average molecular weight is 269 g/mol. The van der Waals surface area contributed by atoms with E-state index >= 15 is 0 Å². The molecule has 0 unspecified atom stereocenters. The lowest BCUT2D eigenvalue weighted by atomic mass is 9.92. The van der Waals surface area contributed by atoms with Gasteiger partial charge in [0.1, 0.15) is 0 Å². The van der Waals surface area contributed by atoms with Gasteiger partial charge in [-0.05, 0) is 24.5 Å². The van der Waals surface area contributed by atoms with Gasteiger partial charge in [0.15, 0.2) is 11.5 Å². The summed E-state index contributed by atoms with van der Waals surface area (Å²) in [7, 11) is 3.25. The number of aryl methyl sites for hydroxylation is 1. The van der Waals surface area contributed by atoms with Crippen molar-refractivity contribution in [3.05, 3.63) is 29.0 Å². The van der Waals surface area contributed by atoms with Gasteiger partial charge in [-0.1, -0.05) is 19.8 Å². The van der Waals surface area contributed by atoms with Crippen molar-refractivity contribution < 1.29 is 9.47 Å². The van der Waals surface area contributed by atoms with Crippen LogP contribution in [0.5, 0.6) is 11.5 Å². The molecule has 0 saturated carbocycles. The summed E-state index contributed by atoms with van der Waals surface area (Å²) in [6.07, 6.45) is 5.66. The predicted molar refractivity (Wildman–Crippen MR) is 81.6 cm³/mol. The Morgan fingerprint density at radius 3 is 2.25 bits per heavy atom. The molecule has 0 bridgehead atoms. The van der Waals surface area contributed by atoms with Crippen LogP contribution in [-0.4, -0.2) is 19.2 Å². The van der Waals surface area contributed by atoms with Crippen LogP contribution in [0.3, 0.4) is 0 Å². The SMILES string of the molecule is C#Cc1c(C)nc2cc(OC)c(OC)cc2c1C(C)C. The fourth-order valence-corrected chi connectivity index (χ4v) is 2.52. The van der Waals surface area contributed by atoms with E-state index < -0.39 is 0 Å². The molecule has 104 valence electrons. The number of benzene rings is 1. The van der Waals surface area contributed by atoms with E-state index in [1.807, 2.05) is 19.1 Å². The molecule has 0 aliphatic rings. The monoisotopic (exact) mass is 269 g/mol. The number of terminal acetylenes is 1. The second-order valence-electron chi connectivity index (χ2n) is 5.01. The maximum Gasteiger partial charge on any atom is 0.162 e. The highest BCUT2D eigenvalue weighted by Crippen LogP contribution is 2.36. The number of pyridine rings is 1. The van der Waals surface area contributed by atoms with E-state index in [4.69, 9.17) is 15.9 Å². The fourth-order valence-electron chi connectivity index (χ4n) is 2.52. The Morgan fingerprint density at radius 2 is 1.75 bits per heavy atom. The van der Waals surface area contributed by atoms with Gasteiger partial charge in [-0.25, -0.2) is 0 Å². The smallest absolute Gasteiger partial charge is 0.162 e. The average Bonchev–Trinajstić information content (AvgIpc) is 2.43. The van der Waals surface area contributed by atoms with E-state index in [1.165, 1.54) is 0 Å². The second kappa shape index (κ2) is 5.42. The van der Waals surface area contributed by atoms with Crippen molar-refractivity contribution in [3.8, 4) is 23.8 Å². The number of rotatable bonds is 3. The minimum atomic E-state index is 0.309. The van der Waals surface area contributed by atoms with E-state index in [9.17, 15) is 0 Å². The number of fused-ring (bicyclic) bond motifs is 1. The van der Waals surface area contributed by atoms with Crippen LogP contribution < -0.4 is 9.47 Å². The maximum absolute atomic E-state index is 5.66. The van der Waals surface area contributed by atoms with Crippen molar-refractivity contribution in [2.45, 2.75) is 26.7 Å². The van der Waals surface area contributed by atoms with Gasteiger partial charge in [0, 0.05) is 17.0 Å². The summed E-state index contributed by atoms with van der Waals surface area (Å²) in [5.74, 6) is 4.44. The minimum absolute atomic E-state index is 0.309. The fraction of sp³-hybridized carbons (Fsp3) is 0.353. The molecule has 0 N–H and O–H groups in total. The largest absolute Gasteiger partial charge is 0.493 e. The molecule has 0 radical (unpaired) electrons. The molecule has 0 atom stereocenters. The standard InChI is InChI=1S/C17H19NO2/c1-7-12-11(4)18-14-9-16(20-6)15(19-5)8-13(14)17(12)10(2)3/h1,8-10H,2-6H3. The van der Waals surface area contributed by atoms with Crippen molar-refractivity contribution in [1.82, 2.24) is 4.98 Å². The predicted octanol–water partition coefficient (Wildman–Crippen LogP) is 3.67. The third-order valence-corrected chi connectivity index (χ3v) is 3.43. The third kappa shape index (κ3) is 2.18. The molecule has 1 heterocycles. The minimum Gasteiger partial charge on any atom is -0.493 e. The number of ether oxygens (including phenoxy) is 2. The third-order valence-electron chi connectivity index (χ3n) is 3.43. The number of nitrogens with zero attached hydrogens (tertiary/aromatic N) is 1. The lowest BCUT2D eigenvalue weighted by Gasteiger charge is -2.17. The van der Waals surface area contributed by atoms with Crippen molar-refractivity contribution >= 4 is 10.9 Å². The first-order valence-corrected chi connectivity index (χ1v) is 6.56. The zero-order chi connectivity index (χ0) is 14.9. The van der Waals surface area contributed by atoms with Crippen LogP contribution in [0.25, 0.3) is 10.9 Å². The second-order valence-corrected chi connectivity index (χ2v) is 5.01. The first kappa shape index (κ1) is 14.2. The summed E-state index contributed by atoms with van der Waals surface area (Å²) in [6.45, 7) is 6.20. The molecule has 2 rings (SSSR count). The van der Waals surface area contributed by atoms with E-state index in [2.05, 4.69) is 24.8 Å². The van der Waals surface area contributed by atoms with Crippen LogP contribution in [0, 0.1) is 19.3 Å². The Morgan fingerprint density at radius 1 is 1.15 bits per heavy atom. The Hall–Kier alpha value is -2.21. The van der Waals surface area contributed by atoms with Crippen LogP contribution in [0.4, 0.5) is 0 Å². The summed E-state index contributed by atoms with van der Waals surface area (Å²) in [5, 5.41) is 1.02. The molecule has 0 amide bonds. The van der Waals surface area contributed by atoms with Crippen LogP contribution >= 0.6 is 0 Å². The van der Waals surface area contributed by atoms with Gasteiger partial charge in [0.2, 0.25) is 0 Å². The van der Waals surface area contributed by atoms with Crippen LogP contribution in [0.15, 0.2) is 12.1 Å². The molecular weight excluding hydrogens is 250 g/mol. The zero-order valence-corrected chi connectivity index (χ0v) is 12.6. The Balaban J connectivity index is 2.93. The van der Waals surface area contributed by atoms with Crippen molar-refractivity contribution in [2.75, 3.05) is 14.2 Å². The Labute approximate surface area is 119 Å². The number of hydrogen-bond donors (Lipinski definition) is 0. The van der Waals surface area contributed by atoms with E-state index in [1.54, 1.807) is 14.2 Å².